The molecule has 3 aromatic rings. The topological polar surface area (TPSA) is 134 Å². The van der Waals surface area contributed by atoms with Gasteiger partial charge in [-0.2, -0.15) is 10.2 Å². The Balaban J connectivity index is 1.53. The molecule has 1 aliphatic heterocycles. The van der Waals surface area contributed by atoms with Gasteiger partial charge in [0.25, 0.3) is 0 Å². The van der Waals surface area contributed by atoms with Gasteiger partial charge in [-0.1, -0.05) is 13.8 Å². The fourth-order valence-corrected chi connectivity index (χ4v) is 3.95. The van der Waals surface area contributed by atoms with E-state index in [2.05, 4.69) is 44.2 Å². The molecule has 0 bridgehead atoms. The van der Waals surface area contributed by atoms with E-state index < -0.39 is 5.60 Å². The van der Waals surface area contributed by atoms with Crippen LogP contribution in [0, 0.1) is 5.92 Å². The largest absolute Gasteiger partial charge is 0.465 e. The zero-order chi connectivity index (χ0) is 26.6. The Morgan fingerprint density at radius 3 is 2.49 bits per heavy atom. The maximum Gasteiger partial charge on any atom is 0.410 e. The molecule has 1 saturated heterocycles. The molecular weight excluding hydrogens is 478 g/mol. The van der Waals surface area contributed by atoms with Gasteiger partial charge in [-0.3, -0.25) is 0 Å². The monoisotopic (exact) mass is 511 g/mol. The molecular formula is C24H33N9O4. The fourth-order valence-electron chi connectivity index (χ4n) is 3.95. The lowest BCUT2D eigenvalue weighted by Crippen LogP contribution is -2.58. The zero-order valence-corrected chi connectivity index (χ0v) is 22.0. The van der Waals surface area contributed by atoms with Crippen molar-refractivity contribution in [2.24, 2.45) is 5.92 Å². The number of hydrogen-bond acceptors (Lipinski definition) is 11. The molecule has 13 heteroatoms. The van der Waals surface area contributed by atoms with E-state index >= 15 is 0 Å². The molecule has 0 N–H and O–H groups in total. The predicted octanol–water partition coefficient (Wildman–Crippen LogP) is 2.58. The third-order valence-corrected chi connectivity index (χ3v) is 5.71. The van der Waals surface area contributed by atoms with Crippen LogP contribution in [-0.2, 0) is 9.47 Å². The summed E-state index contributed by atoms with van der Waals surface area (Å²) < 4.78 is 16.4. The van der Waals surface area contributed by atoms with E-state index in [-0.39, 0.29) is 24.8 Å². The van der Waals surface area contributed by atoms with Crippen molar-refractivity contribution < 1.29 is 19.0 Å². The quantitative estimate of drug-likeness (QED) is 0.433. The van der Waals surface area contributed by atoms with Gasteiger partial charge >= 0.3 is 6.09 Å². The zero-order valence-electron chi connectivity index (χ0n) is 22.0. The highest BCUT2D eigenvalue weighted by Gasteiger charge is 2.36. The standard InChI is InChI=1S/C24H33N9O4/c1-16(2)19-14-31(9-10-32(19)23(34)37-24(3,4)5)22-26-13-18(29-30-22)21-20(36-15-35-6)11-17(12-25-21)33-27-7-8-28-33/h7-8,11-13,16,19H,9-10,14-15H2,1-6H3/t19-/m1/s1. The molecule has 37 heavy (non-hydrogen) atoms. The lowest BCUT2D eigenvalue weighted by atomic mass is 10.00. The van der Waals surface area contributed by atoms with E-state index in [1.165, 1.54) is 11.9 Å². The van der Waals surface area contributed by atoms with Gasteiger partial charge in [-0.05, 0) is 26.7 Å². The van der Waals surface area contributed by atoms with Crippen molar-refractivity contribution in [3.8, 4) is 22.8 Å². The van der Waals surface area contributed by atoms with Gasteiger partial charge in [0, 0.05) is 32.8 Å². The second kappa shape index (κ2) is 11.0. The smallest absolute Gasteiger partial charge is 0.410 e. The summed E-state index contributed by atoms with van der Waals surface area (Å²) in [6.45, 7) is 11.5. The minimum Gasteiger partial charge on any atom is -0.465 e. The molecule has 1 amide bonds. The number of carbonyl (C=O) groups excluding carboxylic acids is 1. The van der Waals surface area contributed by atoms with Crippen LogP contribution in [-0.4, -0.2) is 91.3 Å². The van der Waals surface area contributed by atoms with Gasteiger partial charge in [0.2, 0.25) is 5.95 Å². The highest BCUT2D eigenvalue weighted by atomic mass is 16.7. The van der Waals surface area contributed by atoms with E-state index in [1.807, 2.05) is 25.7 Å². The van der Waals surface area contributed by atoms with Crippen LogP contribution < -0.4 is 9.64 Å². The van der Waals surface area contributed by atoms with Crippen LogP contribution in [0.15, 0.2) is 30.9 Å². The number of pyridine rings is 1. The number of piperazine rings is 1. The summed E-state index contributed by atoms with van der Waals surface area (Å²) in [6, 6.07) is 1.70. The molecule has 4 rings (SSSR count). The van der Waals surface area contributed by atoms with Gasteiger partial charge in [0.15, 0.2) is 12.5 Å². The van der Waals surface area contributed by atoms with Crippen LogP contribution in [0.1, 0.15) is 34.6 Å². The second-order valence-corrected chi connectivity index (χ2v) is 9.98. The van der Waals surface area contributed by atoms with E-state index in [4.69, 9.17) is 14.2 Å². The minimum atomic E-state index is -0.550. The molecule has 1 fully saturated rings. The number of amides is 1. The Hall–Kier alpha value is -3.87. The van der Waals surface area contributed by atoms with Crippen LogP contribution >= 0.6 is 0 Å². The summed E-state index contributed by atoms with van der Waals surface area (Å²) in [5.41, 5.74) is 0.989. The van der Waals surface area contributed by atoms with E-state index in [0.717, 1.165) is 0 Å². The first kappa shape index (κ1) is 26.2. The third kappa shape index (κ3) is 6.28. The predicted molar refractivity (Wildman–Crippen MR) is 134 cm³/mol. The summed E-state index contributed by atoms with van der Waals surface area (Å²) >= 11 is 0. The van der Waals surface area contributed by atoms with Crippen molar-refractivity contribution in [2.75, 3.05) is 38.4 Å². The summed E-state index contributed by atoms with van der Waals surface area (Å²) in [6.07, 6.45) is 6.09. The number of aromatic nitrogens is 7. The normalized spacial score (nSPS) is 16.2. The number of nitrogens with zero attached hydrogens (tertiary/aromatic N) is 9. The van der Waals surface area contributed by atoms with Gasteiger partial charge < -0.3 is 24.0 Å². The molecule has 0 unspecified atom stereocenters. The third-order valence-electron chi connectivity index (χ3n) is 5.71. The van der Waals surface area contributed by atoms with Gasteiger partial charge in [-0.15, -0.1) is 15.0 Å². The van der Waals surface area contributed by atoms with E-state index in [0.29, 0.717) is 48.4 Å². The SMILES string of the molecule is COCOc1cc(-n2nccn2)cnc1-c1cnc(N2CCN(C(=O)OC(C)(C)C)[C@@H](C(C)C)C2)nn1. The van der Waals surface area contributed by atoms with Crippen LogP contribution in [0.2, 0.25) is 0 Å². The van der Waals surface area contributed by atoms with Crippen LogP contribution in [0.3, 0.4) is 0 Å². The van der Waals surface area contributed by atoms with Gasteiger partial charge in [0.1, 0.15) is 22.7 Å². The summed E-state index contributed by atoms with van der Waals surface area (Å²) in [4.78, 5) is 27.1. The van der Waals surface area contributed by atoms with Crippen molar-refractivity contribution in [1.82, 2.24) is 40.1 Å². The molecule has 198 valence electrons. The first-order valence-electron chi connectivity index (χ1n) is 12.1. The summed E-state index contributed by atoms with van der Waals surface area (Å²) in [5.74, 6) is 1.14. The van der Waals surface area contributed by atoms with Crippen LogP contribution in [0.25, 0.3) is 17.1 Å². The molecule has 1 atom stereocenters. The molecule has 0 aromatic carbocycles. The molecule has 13 nitrogen and oxygen atoms in total. The second-order valence-electron chi connectivity index (χ2n) is 9.98. The van der Waals surface area contributed by atoms with Crippen molar-refractivity contribution >= 4 is 12.0 Å². The Morgan fingerprint density at radius 2 is 1.86 bits per heavy atom. The Morgan fingerprint density at radius 1 is 1.11 bits per heavy atom. The highest BCUT2D eigenvalue weighted by molar-refractivity contribution is 5.69. The number of ether oxygens (including phenoxy) is 3. The molecule has 0 aliphatic carbocycles. The Labute approximate surface area is 215 Å². The first-order chi connectivity index (χ1) is 17.7. The molecule has 0 saturated carbocycles. The van der Waals surface area contributed by atoms with Crippen molar-refractivity contribution in [3.05, 3.63) is 30.9 Å². The average molecular weight is 512 g/mol. The molecule has 1 aliphatic rings. The Bertz CT molecular complexity index is 1180. The lowest BCUT2D eigenvalue weighted by molar-refractivity contribution is 0.00871. The first-order valence-corrected chi connectivity index (χ1v) is 12.1. The van der Waals surface area contributed by atoms with Crippen LogP contribution in [0.4, 0.5) is 10.7 Å². The Kier molecular flexibility index (Phi) is 7.81. The maximum atomic E-state index is 12.8. The van der Waals surface area contributed by atoms with Gasteiger partial charge in [-0.25, -0.2) is 14.8 Å². The van der Waals surface area contributed by atoms with Crippen molar-refractivity contribution in [3.63, 3.8) is 0 Å². The van der Waals surface area contributed by atoms with Crippen molar-refractivity contribution in [1.29, 1.82) is 0 Å². The van der Waals surface area contributed by atoms with Crippen molar-refractivity contribution in [2.45, 2.75) is 46.3 Å². The van der Waals surface area contributed by atoms with Gasteiger partial charge in [0.05, 0.1) is 30.8 Å². The fraction of sp³-hybridized carbons (Fsp3) is 0.542. The van der Waals surface area contributed by atoms with E-state index in [1.54, 1.807) is 35.8 Å². The molecule has 0 spiro atoms. The molecule has 4 heterocycles. The average Bonchev–Trinajstić information content (AvgIpc) is 3.41. The number of anilines is 1. The van der Waals surface area contributed by atoms with E-state index in [9.17, 15) is 4.79 Å². The maximum absolute atomic E-state index is 12.8. The summed E-state index contributed by atoms with van der Waals surface area (Å²) in [5, 5.41) is 17.0. The minimum absolute atomic E-state index is 0.0299. The number of rotatable bonds is 7. The molecule has 0 radical (unpaired) electrons. The molecule has 3 aromatic heterocycles. The number of hydrogen-bond donors (Lipinski definition) is 0. The number of methoxy groups -OCH3 is 1. The summed E-state index contributed by atoms with van der Waals surface area (Å²) in [7, 11) is 1.54. The lowest BCUT2D eigenvalue weighted by Gasteiger charge is -2.43. The van der Waals surface area contributed by atoms with Crippen LogP contribution in [0.5, 0.6) is 5.75 Å². The number of carbonyl (C=O) groups is 1. The highest BCUT2D eigenvalue weighted by Crippen LogP contribution is 2.29.